The molecule has 1 aromatic heterocycles. The zero-order valence-corrected chi connectivity index (χ0v) is 36.1. The molecule has 0 bridgehead atoms. The Balaban J connectivity index is 0.869. The van der Waals surface area contributed by atoms with E-state index >= 15 is 0 Å². The van der Waals surface area contributed by atoms with Gasteiger partial charge in [-0.05, 0) is 61.9 Å². The van der Waals surface area contributed by atoms with Gasteiger partial charge in [-0.3, -0.25) is 24.5 Å². The highest BCUT2D eigenvalue weighted by molar-refractivity contribution is 7.89. The standard InChI is InChI=1S/C45H52F2N6O7S2/c46-45(47)20-18-30(19-21-45)52-25-35(28-9-7-10-29(23-28)42(49)61)32-14-15-37(48)34(41(32)52)24-50-62(58,59)22-6-4-2-1-3-5-11-31(54)27-60-39-13-8-12-33-36(39)26-53(44(33)57)38-16-17-40(55)51-43(38)56/h7-10,12-15,23,25,30,38,50H,1-6,11,16-22,24,26-27,48H2,(H2,49,61)(H,51,55,56). The third-order valence-electron chi connectivity index (χ3n) is 12.2. The number of piperidine rings is 1. The molecule has 1 saturated carbocycles. The molecular weight excluding hydrogens is 839 g/mol. The maximum atomic E-state index is 14.2. The molecule has 1 aliphatic carbocycles. The molecule has 3 aromatic carbocycles. The van der Waals surface area contributed by atoms with Crippen LogP contribution in [0, 0.1) is 0 Å². The number of anilines is 1. The van der Waals surface area contributed by atoms with E-state index in [1.54, 1.807) is 24.3 Å². The van der Waals surface area contributed by atoms with Crippen LogP contribution in [-0.4, -0.2) is 70.7 Å². The number of nitrogens with one attached hydrogen (secondary N) is 2. The first-order chi connectivity index (χ1) is 29.6. The molecule has 2 aliphatic heterocycles. The molecule has 0 radical (unpaired) electrons. The Bertz CT molecular complexity index is 2500. The van der Waals surface area contributed by atoms with E-state index in [0.29, 0.717) is 64.9 Å². The predicted octanol–water partition coefficient (Wildman–Crippen LogP) is 6.83. The van der Waals surface area contributed by atoms with E-state index in [4.69, 9.17) is 28.4 Å². The molecule has 6 N–H and O–H groups in total. The van der Waals surface area contributed by atoms with Crippen LogP contribution in [0.3, 0.4) is 0 Å². The lowest BCUT2D eigenvalue weighted by atomic mass is 9.92. The van der Waals surface area contributed by atoms with Crippen LogP contribution >= 0.6 is 12.2 Å². The second-order valence-electron chi connectivity index (χ2n) is 16.5. The van der Waals surface area contributed by atoms with Crippen molar-refractivity contribution in [2.75, 3.05) is 18.1 Å². The first-order valence-corrected chi connectivity index (χ1v) is 23.3. The lowest BCUT2D eigenvalue weighted by molar-refractivity contribution is -0.137. The zero-order chi connectivity index (χ0) is 44.2. The number of carbonyl (C=O) groups is 4. The van der Waals surface area contributed by atoms with E-state index in [1.807, 2.05) is 41.1 Å². The number of thiocarbonyl (C=S) groups is 1. The summed E-state index contributed by atoms with van der Waals surface area (Å²) < 4.78 is 65.5. The normalized spacial score (nSPS) is 17.9. The summed E-state index contributed by atoms with van der Waals surface area (Å²) in [5.41, 5.74) is 17.5. The van der Waals surface area contributed by atoms with Crippen molar-refractivity contribution in [3.63, 3.8) is 0 Å². The summed E-state index contributed by atoms with van der Waals surface area (Å²) in [5, 5.41) is 3.11. The number of nitrogens with zero attached hydrogens (tertiary/aromatic N) is 2. The average molecular weight is 891 g/mol. The highest BCUT2D eigenvalue weighted by Gasteiger charge is 2.40. The van der Waals surface area contributed by atoms with E-state index in [0.717, 1.165) is 35.8 Å². The minimum absolute atomic E-state index is 0.0613. The molecule has 17 heteroatoms. The van der Waals surface area contributed by atoms with Gasteiger partial charge in [0.05, 0.1) is 17.8 Å². The fraction of sp³-hybridized carbons (Fsp3) is 0.444. The minimum atomic E-state index is -3.69. The van der Waals surface area contributed by atoms with E-state index < -0.39 is 27.9 Å². The van der Waals surface area contributed by atoms with Gasteiger partial charge in [-0.15, -0.1) is 0 Å². The molecule has 2 fully saturated rings. The average Bonchev–Trinajstić information content (AvgIpc) is 3.79. The van der Waals surface area contributed by atoms with Crippen molar-refractivity contribution < 1.29 is 41.1 Å². The summed E-state index contributed by atoms with van der Waals surface area (Å²) in [4.78, 5) is 51.4. The van der Waals surface area contributed by atoms with Crippen LogP contribution < -0.4 is 26.2 Å². The molecule has 3 amide bonds. The fourth-order valence-electron chi connectivity index (χ4n) is 8.78. The second kappa shape index (κ2) is 19.0. The van der Waals surface area contributed by atoms with Crippen LogP contribution in [0.1, 0.15) is 117 Å². The van der Waals surface area contributed by atoms with Crippen molar-refractivity contribution in [3.05, 3.63) is 83.0 Å². The summed E-state index contributed by atoms with van der Waals surface area (Å²) >= 11 is 5.21. The molecule has 1 unspecified atom stereocenters. The fourth-order valence-corrected chi connectivity index (χ4v) is 10.0. The van der Waals surface area contributed by atoms with Gasteiger partial charge in [0.25, 0.3) is 5.91 Å². The number of sulfonamides is 1. The van der Waals surface area contributed by atoms with Crippen molar-refractivity contribution in [3.8, 4) is 16.9 Å². The largest absolute Gasteiger partial charge is 0.485 e. The predicted molar refractivity (Wildman–Crippen MR) is 236 cm³/mol. The van der Waals surface area contributed by atoms with Gasteiger partial charge >= 0.3 is 0 Å². The Kier molecular flexibility index (Phi) is 13.7. The van der Waals surface area contributed by atoms with Crippen molar-refractivity contribution in [2.45, 2.75) is 115 Å². The molecule has 0 spiro atoms. The highest BCUT2D eigenvalue weighted by Crippen LogP contribution is 2.43. The van der Waals surface area contributed by atoms with Crippen LogP contribution in [0.4, 0.5) is 14.5 Å². The number of aromatic nitrogens is 1. The molecule has 330 valence electrons. The van der Waals surface area contributed by atoms with Gasteiger partial charge in [0.1, 0.15) is 23.4 Å². The van der Waals surface area contributed by atoms with Crippen molar-refractivity contribution >= 4 is 67.3 Å². The number of ether oxygens (including phenoxy) is 1. The Morgan fingerprint density at radius 1 is 0.952 bits per heavy atom. The second-order valence-corrected chi connectivity index (χ2v) is 18.9. The number of hydrogen-bond donors (Lipinski definition) is 4. The van der Waals surface area contributed by atoms with E-state index in [-0.39, 0.29) is 92.6 Å². The summed E-state index contributed by atoms with van der Waals surface area (Å²) in [6.45, 7) is -0.0638. The van der Waals surface area contributed by atoms with Gasteiger partial charge in [-0.2, -0.15) is 0 Å². The van der Waals surface area contributed by atoms with Gasteiger partial charge in [-0.25, -0.2) is 21.9 Å². The van der Waals surface area contributed by atoms with Crippen molar-refractivity contribution in [2.24, 2.45) is 5.73 Å². The summed E-state index contributed by atoms with van der Waals surface area (Å²) in [6.07, 6.45) is 6.94. The number of nitrogen functional groups attached to an aromatic ring is 1. The number of benzene rings is 3. The van der Waals surface area contributed by atoms with E-state index in [2.05, 4.69) is 10.0 Å². The van der Waals surface area contributed by atoms with Gasteiger partial charge in [0.2, 0.25) is 27.8 Å². The molecule has 1 saturated heterocycles. The number of fused-ring (bicyclic) bond motifs is 2. The van der Waals surface area contributed by atoms with Gasteiger partial charge in [-0.1, -0.05) is 68.2 Å². The smallest absolute Gasteiger partial charge is 0.255 e. The number of imide groups is 1. The van der Waals surface area contributed by atoms with Crippen LogP contribution in [0.2, 0.25) is 0 Å². The number of Topliss-reactive ketones (excluding diaryl/α,β-unsaturated/α-hetero) is 1. The lowest BCUT2D eigenvalue weighted by Crippen LogP contribution is -2.52. The number of rotatable bonds is 19. The molecule has 1 atom stereocenters. The number of carbonyl (C=O) groups excluding carboxylic acids is 4. The quantitative estimate of drug-likeness (QED) is 0.0335. The summed E-state index contributed by atoms with van der Waals surface area (Å²) in [6, 6.07) is 15.2. The van der Waals surface area contributed by atoms with Crippen LogP contribution in [0.25, 0.3) is 22.0 Å². The van der Waals surface area contributed by atoms with Crippen molar-refractivity contribution in [1.82, 2.24) is 19.5 Å². The number of halogens is 2. The highest BCUT2D eigenvalue weighted by atomic mass is 32.2. The van der Waals surface area contributed by atoms with Gasteiger partial charge in [0.15, 0.2) is 5.78 Å². The molecule has 62 heavy (non-hydrogen) atoms. The lowest BCUT2D eigenvalue weighted by Gasteiger charge is -2.30. The molecule has 7 rings (SSSR count). The first kappa shape index (κ1) is 44.8. The first-order valence-electron chi connectivity index (χ1n) is 21.2. The Labute approximate surface area is 365 Å². The number of nitrogens with two attached hydrogens (primary N) is 2. The molecule has 13 nitrogen and oxygen atoms in total. The van der Waals surface area contributed by atoms with E-state index in [1.165, 1.54) is 4.90 Å². The Hall–Kier alpha value is -5.26. The number of alkyl halides is 2. The SMILES string of the molecule is NC(=S)c1cccc(-c2cn(C3CCC(F)(F)CC3)c3c(CNS(=O)(=O)CCCCCCCCC(=O)COc4cccc5c4CN(C4CCC(=O)NC4=O)C5=O)c(N)ccc23)c1. The number of hydrogen-bond acceptors (Lipinski definition) is 9. The molecule has 3 heterocycles. The molecule has 4 aromatic rings. The maximum Gasteiger partial charge on any atom is 0.255 e. The molecular formula is C45H52F2N6O7S2. The number of unbranched alkanes of at least 4 members (excludes halogenated alkanes) is 5. The Morgan fingerprint density at radius 3 is 2.42 bits per heavy atom. The zero-order valence-electron chi connectivity index (χ0n) is 34.4. The van der Waals surface area contributed by atoms with Crippen LogP contribution in [0.5, 0.6) is 5.75 Å². The van der Waals surface area contributed by atoms with E-state index in [9.17, 15) is 36.4 Å². The van der Waals surface area contributed by atoms with Crippen LogP contribution in [0.15, 0.2) is 60.8 Å². The third-order valence-corrected chi connectivity index (χ3v) is 13.8. The van der Waals surface area contributed by atoms with Gasteiger partial charge in [0, 0.05) is 83.4 Å². The monoisotopic (exact) mass is 890 g/mol. The topological polar surface area (TPSA) is 196 Å². The van der Waals surface area contributed by atoms with Crippen molar-refractivity contribution in [1.29, 1.82) is 0 Å². The number of amides is 3. The maximum absolute atomic E-state index is 14.2. The Morgan fingerprint density at radius 2 is 1.68 bits per heavy atom. The molecule has 3 aliphatic rings. The van der Waals surface area contributed by atoms with Crippen LogP contribution in [-0.2, 0) is 37.5 Å². The minimum Gasteiger partial charge on any atom is -0.485 e. The van der Waals surface area contributed by atoms with Gasteiger partial charge < -0.3 is 25.7 Å². The number of ketones is 1. The summed E-state index contributed by atoms with van der Waals surface area (Å²) in [7, 11) is -3.69. The summed E-state index contributed by atoms with van der Waals surface area (Å²) in [5.74, 6) is -3.63. The third kappa shape index (κ3) is 10.3.